The molecule has 0 bridgehead atoms. The molecule has 0 atom stereocenters. The van der Waals surface area contributed by atoms with Gasteiger partial charge in [-0.05, 0) is 56.6 Å². The maximum atomic E-state index is 12.3. The van der Waals surface area contributed by atoms with E-state index in [2.05, 4.69) is 21.6 Å². The molecule has 0 aromatic heterocycles. The number of nitrogens with zero attached hydrogens (tertiary/aromatic N) is 2. The highest BCUT2D eigenvalue weighted by Crippen LogP contribution is 2.25. The summed E-state index contributed by atoms with van der Waals surface area (Å²) in [4.78, 5) is 4.71. The first-order chi connectivity index (χ1) is 10.3. The zero-order chi connectivity index (χ0) is 16.2. The average Bonchev–Trinajstić information content (AvgIpc) is 2.38. The Hall–Kier alpha value is -1.27. The number of rotatable bonds is 5. The van der Waals surface area contributed by atoms with Gasteiger partial charge in [0.2, 0.25) is 0 Å². The third-order valence-electron chi connectivity index (χ3n) is 3.88. The van der Waals surface area contributed by atoms with E-state index in [0.29, 0.717) is 0 Å². The molecule has 0 amide bonds. The van der Waals surface area contributed by atoms with E-state index in [1.165, 1.54) is 12.1 Å². The number of hydrogen-bond donors (Lipinski definition) is 0. The van der Waals surface area contributed by atoms with Gasteiger partial charge in [0.1, 0.15) is 5.75 Å². The molecule has 1 aliphatic rings. The van der Waals surface area contributed by atoms with Crippen LogP contribution in [0.25, 0.3) is 0 Å². The molecule has 0 spiro atoms. The highest BCUT2D eigenvalue weighted by atomic mass is 19.4. The standard InChI is InChI=1S/C16H23F3N2O/c1-13-10-14(12-15(11-13)22-16(17,18)19)4-3-5-21-8-6-20(2)7-9-21/h10-12H,3-9H2,1-2H3. The predicted octanol–water partition coefficient (Wildman–Crippen LogP) is 3.07. The van der Waals surface area contributed by atoms with Crippen molar-refractivity contribution in [3.05, 3.63) is 29.3 Å². The Labute approximate surface area is 129 Å². The lowest BCUT2D eigenvalue weighted by Gasteiger charge is -2.32. The van der Waals surface area contributed by atoms with Crippen LogP contribution in [0.3, 0.4) is 0 Å². The quantitative estimate of drug-likeness (QED) is 0.830. The van der Waals surface area contributed by atoms with Gasteiger partial charge in [-0.3, -0.25) is 0 Å². The molecule has 1 heterocycles. The predicted molar refractivity (Wildman–Crippen MR) is 80.1 cm³/mol. The minimum atomic E-state index is -4.63. The molecule has 1 saturated heterocycles. The number of piperazine rings is 1. The molecule has 0 N–H and O–H groups in total. The van der Waals surface area contributed by atoms with E-state index in [9.17, 15) is 13.2 Å². The Morgan fingerprint density at radius 2 is 1.77 bits per heavy atom. The maximum absolute atomic E-state index is 12.3. The smallest absolute Gasteiger partial charge is 0.406 e. The molecule has 0 unspecified atom stereocenters. The van der Waals surface area contributed by atoms with Crippen LogP contribution in [0.1, 0.15) is 17.5 Å². The van der Waals surface area contributed by atoms with Gasteiger partial charge in [-0.2, -0.15) is 0 Å². The van der Waals surface area contributed by atoms with Crippen molar-refractivity contribution in [2.75, 3.05) is 39.8 Å². The van der Waals surface area contributed by atoms with Gasteiger partial charge < -0.3 is 14.5 Å². The molecular formula is C16H23F3N2O. The highest BCUT2D eigenvalue weighted by Gasteiger charge is 2.31. The van der Waals surface area contributed by atoms with Crippen LogP contribution in [0, 0.1) is 6.92 Å². The molecular weight excluding hydrogens is 293 g/mol. The lowest BCUT2D eigenvalue weighted by molar-refractivity contribution is -0.274. The van der Waals surface area contributed by atoms with Crippen molar-refractivity contribution in [3.8, 4) is 5.75 Å². The van der Waals surface area contributed by atoms with Crippen LogP contribution in [0.5, 0.6) is 5.75 Å². The Bertz CT molecular complexity index is 483. The molecule has 1 aliphatic heterocycles. The van der Waals surface area contributed by atoms with Crippen LogP contribution in [0.2, 0.25) is 0 Å². The first-order valence-electron chi connectivity index (χ1n) is 7.59. The van der Waals surface area contributed by atoms with E-state index in [0.717, 1.165) is 56.7 Å². The molecule has 22 heavy (non-hydrogen) atoms. The van der Waals surface area contributed by atoms with Gasteiger partial charge >= 0.3 is 6.36 Å². The van der Waals surface area contributed by atoms with Crippen molar-refractivity contribution in [2.45, 2.75) is 26.1 Å². The fourth-order valence-corrected chi connectivity index (χ4v) is 2.74. The zero-order valence-electron chi connectivity index (χ0n) is 13.1. The molecule has 6 heteroatoms. The van der Waals surface area contributed by atoms with Crippen LogP contribution in [-0.4, -0.2) is 55.9 Å². The summed E-state index contributed by atoms with van der Waals surface area (Å²) in [6, 6.07) is 4.83. The summed E-state index contributed by atoms with van der Waals surface area (Å²) in [5.74, 6) is -0.123. The van der Waals surface area contributed by atoms with Gasteiger partial charge in [0.25, 0.3) is 0 Å². The summed E-state index contributed by atoms with van der Waals surface area (Å²) in [6.07, 6.45) is -2.92. The van der Waals surface area contributed by atoms with E-state index in [4.69, 9.17) is 0 Å². The van der Waals surface area contributed by atoms with Crippen LogP contribution in [0.15, 0.2) is 18.2 Å². The summed E-state index contributed by atoms with van der Waals surface area (Å²) >= 11 is 0. The molecule has 1 fully saturated rings. The largest absolute Gasteiger partial charge is 0.573 e. The molecule has 3 nitrogen and oxygen atoms in total. The molecule has 0 saturated carbocycles. The van der Waals surface area contributed by atoms with E-state index in [1.54, 1.807) is 6.92 Å². The Morgan fingerprint density at radius 1 is 1.09 bits per heavy atom. The fourth-order valence-electron chi connectivity index (χ4n) is 2.74. The topological polar surface area (TPSA) is 15.7 Å². The summed E-state index contributed by atoms with van der Waals surface area (Å²) in [7, 11) is 2.12. The minimum absolute atomic E-state index is 0.123. The number of alkyl halides is 3. The lowest BCUT2D eigenvalue weighted by atomic mass is 10.1. The van der Waals surface area contributed by atoms with Gasteiger partial charge in [-0.1, -0.05) is 6.07 Å². The van der Waals surface area contributed by atoms with Crippen molar-refractivity contribution in [1.82, 2.24) is 9.80 Å². The van der Waals surface area contributed by atoms with E-state index >= 15 is 0 Å². The van der Waals surface area contributed by atoms with E-state index < -0.39 is 6.36 Å². The molecule has 0 aliphatic carbocycles. The number of benzene rings is 1. The third-order valence-corrected chi connectivity index (χ3v) is 3.88. The van der Waals surface area contributed by atoms with Crippen molar-refractivity contribution in [2.24, 2.45) is 0 Å². The van der Waals surface area contributed by atoms with Gasteiger partial charge in [-0.15, -0.1) is 13.2 Å². The third kappa shape index (κ3) is 5.85. The van der Waals surface area contributed by atoms with Crippen molar-refractivity contribution in [1.29, 1.82) is 0 Å². The van der Waals surface area contributed by atoms with Crippen molar-refractivity contribution < 1.29 is 17.9 Å². The number of halogens is 3. The Balaban J connectivity index is 1.84. The molecule has 1 aromatic carbocycles. The van der Waals surface area contributed by atoms with E-state index in [-0.39, 0.29) is 5.75 Å². The number of ether oxygens (including phenoxy) is 1. The number of hydrogen-bond acceptors (Lipinski definition) is 3. The average molecular weight is 316 g/mol. The Kier molecular flexibility index (Phi) is 5.69. The Morgan fingerprint density at radius 3 is 2.41 bits per heavy atom. The van der Waals surface area contributed by atoms with Crippen LogP contribution < -0.4 is 4.74 Å². The lowest BCUT2D eigenvalue weighted by Crippen LogP contribution is -2.44. The summed E-state index contributed by atoms with van der Waals surface area (Å²) in [5.41, 5.74) is 1.68. The van der Waals surface area contributed by atoms with Crippen LogP contribution in [0.4, 0.5) is 13.2 Å². The molecule has 1 aromatic rings. The maximum Gasteiger partial charge on any atom is 0.573 e. The van der Waals surface area contributed by atoms with Gasteiger partial charge in [0, 0.05) is 26.2 Å². The normalized spacial score (nSPS) is 17.7. The van der Waals surface area contributed by atoms with Crippen LogP contribution in [-0.2, 0) is 6.42 Å². The van der Waals surface area contributed by atoms with Crippen molar-refractivity contribution in [3.63, 3.8) is 0 Å². The molecule has 2 rings (SSSR count). The molecule has 124 valence electrons. The SMILES string of the molecule is Cc1cc(CCCN2CCN(C)CC2)cc(OC(F)(F)F)c1. The second-order valence-electron chi connectivity index (χ2n) is 5.95. The first kappa shape index (κ1) is 17.1. The summed E-state index contributed by atoms with van der Waals surface area (Å²) in [5, 5.41) is 0. The second kappa shape index (κ2) is 7.33. The monoisotopic (exact) mass is 316 g/mol. The summed E-state index contributed by atoms with van der Waals surface area (Å²) in [6.45, 7) is 7.05. The van der Waals surface area contributed by atoms with Crippen molar-refractivity contribution >= 4 is 0 Å². The van der Waals surface area contributed by atoms with Gasteiger partial charge in [0.15, 0.2) is 0 Å². The summed E-state index contributed by atoms with van der Waals surface area (Å²) < 4.78 is 40.9. The fraction of sp³-hybridized carbons (Fsp3) is 0.625. The first-order valence-corrected chi connectivity index (χ1v) is 7.59. The van der Waals surface area contributed by atoms with Crippen LogP contribution >= 0.6 is 0 Å². The zero-order valence-corrected chi connectivity index (χ0v) is 13.1. The number of likely N-dealkylation sites (N-methyl/N-ethyl adjacent to an activating group) is 1. The molecule has 0 radical (unpaired) electrons. The second-order valence-corrected chi connectivity index (χ2v) is 5.95. The van der Waals surface area contributed by atoms with E-state index in [1.807, 2.05) is 6.07 Å². The minimum Gasteiger partial charge on any atom is -0.406 e. The highest BCUT2D eigenvalue weighted by molar-refractivity contribution is 5.34. The van der Waals surface area contributed by atoms with Gasteiger partial charge in [0.05, 0.1) is 0 Å². The number of aryl methyl sites for hydroxylation is 2. The van der Waals surface area contributed by atoms with Gasteiger partial charge in [-0.25, -0.2) is 0 Å².